The molecule has 0 saturated carbocycles. The summed E-state index contributed by atoms with van der Waals surface area (Å²) in [5.41, 5.74) is 10.3. The van der Waals surface area contributed by atoms with Crippen LogP contribution in [0.2, 0.25) is 0 Å². The monoisotopic (exact) mass is 175 g/mol. The van der Waals surface area contributed by atoms with Gasteiger partial charge in [-0.1, -0.05) is 28.7 Å². The molecule has 3 nitrogen and oxygen atoms in total. The molecule has 0 amide bonds. The number of rotatable bonds is 4. The molecule has 0 aromatic rings. The van der Waals surface area contributed by atoms with Gasteiger partial charge in [0.15, 0.2) is 5.96 Å². The molecule has 0 aromatic carbocycles. The van der Waals surface area contributed by atoms with Gasteiger partial charge in [0.2, 0.25) is 0 Å². The van der Waals surface area contributed by atoms with Gasteiger partial charge in [-0.2, -0.15) is 0 Å². The fraction of sp³-hybridized carbons (Fsp3) is 0.889. The molecule has 4 N–H and O–H groups in total. The summed E-state index contributed by atoms with van der Waals surface area (Å²) in [5, 5.41) is 0. The Morgan fingerprint density at radius 3 is 2.08 bits per heavy atom. The van der Waals surface area contributed by atoms with E-state index in [2.05, 4.69) is 18.8 Å². The number of aliphatic imine (C=N–C) groups is 1. The summed E-state index contributed by atoms with van der Waals surface area (Å²) in [7, 11) is 0. The lowest BCUT2D eigenvalue weighted by Crippen LogP contribution is -2.22. The molecule has 0 fully saturated rings. The van der Waals surface area contributed by atoms with Gasteiger partial charge >= 0.3 is 0 Å². The maximum Gasteiger partial charge on any atom is 0.185 e. The predicted molar refractivity (Wildman–Crippen MR) is 58.2 cm³/mol. The zero-order valence-corrected chi connectivity index (χ0v) is 6.80. The van der Waals surface area contributed by atoms with E-state index in [1.165, 1.54) is 6.42 Å². The molecule has 0 aliphatic rings. The molecule has 0 radical (unpaired) electrons. The lowest BCUT2D eigenvalue weighted by atomic mass is 10.1. The van der Waals surface area contributed by atoms with Crippen LogP contribution in [0.4, 0.5) is 0 Å². The van der Waals surface area contributed by atoms with Gasteiger partial charge in [0.25, 0.3) is 0 Å². The van der Waals surface area contributed by atoms with Crippen molar-refractivity contribution in [3.63, 3.8) is 0 Å². The quantitative estimate of drug-likeness (QED) is 0.390. The molecular formula is C9H25N3. The number of nitrogens with zero attached hydrogens (tertiary/aromatic N) is 1. The van der Waals surface area contributed by atoms with Crippen LogP contribution in [0.15, 0.2) is 4.99 Å². The van der Waals surface area contributed by atoms with Crippen molar-refractivity contribution in [3.05, 3.63) is 0 Å². The Morgan fingerprint density at radius 2 is 1.75 bits per heavy atom. The van der Waals surface area contributed by atoms with Crippen LogP contribution in [0.5, 0.6) is 0 Å². The number of nitrogens with two attached hydrogens (primary N) is 2. The zero-order valence-electron chi connectivity index (χ0n) is 6.80. The van der Waals surface area contributed by atoms with E-state index in [1.54, 1.807) is 0 Å². The van der Waals surface area contributed by atoms with Crippen LogP contribution in [0.3, 0.4) is 0 Å². The Morgan fingerprint density at radius 1 is 1.25 bits per heavy atom. The molecule has 0 bridgehead atoms. The van der Waals surface area contributed by atoms with Crippen molar-refractivity contribution in [2.75, 3.05) is 6.54 Å². The molecule has 0 aliphatic carbocycles. The first-order chi connectivity index (χ1) is 4.63. The van der Waals surface area contributed by atoms with Gasteiger partial charge in [-0.15, -0.1) is 0 Å². The van der Waals surface area contributed by atoms with Gasteiger partial charge in [-0.3, -0.25) is 4.99 Å². The summed E-state index contributed by atoms with van der Waals surface area (Å²) < 4.78 is 0. The maximum absolute atomic E-state index is 5.14. The largest absolute Gasteiger partial charge is 0.370 e. The van der Waals surface area contributed by atoms with Gasteiger partial charge in [-0.25, -0.2) is 0 Å². The summed E-state index contributed by atoms with van der Waals surface area (Å²) in [6, 6.07) is 0. The lowest BCUT2D eigenvalue weighted by molar-refractivity contribution is 0.561. The molecule has 3 heteroatoms. The van der Waals surface area contributed by atoms with E-state index in [-0.39, 0.29) is 20.8 Å². The van der Waals surface area contributed by atoms with Gasteiger partial charge in [0.1, 0.15) is 0 Å². The second-order valence-corrected chi connectivity index (χ2v) is 2.84. The van der Waals surface area contributed by atoms with Crippen LogP contribution >= 0.6 is 0 Å². The summed E-state index contributed by atoms with van der Waals surface area (Å²) in [5.74, 6) is 0.943. The van der Waals surface area contributed by atoms with Crippen molar-refractivity contribution >= 4 is 5.96 Å². The van der Waals surface area contributed by atoms with Crippen molar-refractivity contribution in [2.45, 2.75) is 41.5 Å². The van der Waals surface area contributed by atoms with E-state index in [1.807, 2.05) is 0 Å². The van der Waals surface area contributed by atoms with Crippen LogP contribution in [0.1, 0.15) is 41.5 Å². The molecule has 0 unspecified atom stereocenters. The minimum atomic E-state index is 0. The summed E-state index contributed by atoms with van der Waals surface area (Å²) in [4.78, 5) is 3.87. The van der Waals surface area contributed by atoms with Crippen LogP contribution in [0, 0.1) is 5.92 Å². The highest BCUT2D eigenvalue weighted by Crippen LogP contribution is 2.02. The Labute approximate surface area is 77.2 Å². The third kappa shape index (κ3) is 16.1. The zero-order chi connectivity index (χ0) is 7.98. The maximum atomic E-state index is 5.14. The lowest BCUT2D eigenvalue weighted by Gasteiger charge is -2.00. The van der Waals surface area contributed by atoms with E-state index >= 15 is 0 Å². The fourth-order valence-corrected chi connectivity index (χ4v) is 0.708. The Hall–Kier alpha value is -0.730. The van der Waals surface area contributed by atoms with Crippen LogP contribution in [-0.2, 0) is 0 Å². The first kappa shape index (κ1) is 17.4. The minimum Gasteiger partial charge on any atom is -0.370 e. The van der Waals surface area contributed by atoms with E-state index < -0.39 is 0 Å². The molecule has 76 valence electrons. The highest BCUT2D eigenvalue weighted by molar-refractivity contribution is 5.75. The first-order valence-corrected chi connectivity index (χ1v) is 3.68. The van der Waals surface area contributed by atoms with Gasteiger partial charge < -0.3 is 11.5 Å². The van der Waals surface area contributed by atoms with Crippen molar-refractivity contribution in [1.29, 1.82) is 0 Å². The summed E-state index contributed by atoms with van der Waals surface area (Å²) in [6.45, 7) is 5.14. The van der Waals surface area contributed by atoms with Crippen LogP contribution in [-0.4, -0.2) is 12.5 Å². The van der Waals surface area contributed by atoms with Crippen molar-refractivity contribution in [2.24, 2.45) is 22.4 Å². The topological polar surface area (TPSA) is 64.4 Å². The van der Waals surface area contributed by atoms with Crippen molar-refractivity contribution in [1.82, 2.24) is 0 Å². The Bertz CT molecular complexity index is 104. The molecular weight excluding hydrogens is 150 g/mol. The van der Waals surface area contributed by atoms with E-state index in [0.717, 1.165) is 18.9 Å². The third-order valence-electron chi connectivity index (χ3n) is 1.23. The minimum absolute atomic E-state index is 0. The Balaban J connectivity index is -0.000000405. The van der Waals surface area contributed by atoms with Crippen LogP contribution < -0.4 is 11.5 Å². The van der Waals surface area contributed by atoms with E-state index in [4.69, 9.17) is 11.5 Å². The van der Waals surface area contributed by atoms with Crippen molar-refractivity contribution < 1.29 is 0 Å². The van der Waals surface area contributed by atoms with Gasteiger partial charge in [0.05, 0.1) is 0 Å². The van der Waals surface area contributed by atoms with Crippen molar-refractivity contribution in [3.8, 4) is 0 Å². The average molecular weight is 175 g/mol. The second-order valence-electron chi connectivity index (χ2n) is 2.84. The molecule has 0 aliphatic heterocycles. The summed E-state index contributed by atoms with van der Waals surface area (Å²) >= 11 is 0. The smallest absolute Gasteiger partial charge is 0.185 e. The molecule has 0 atom stereocenters. The SMILES string of the molecule is C.C.CC(C)CCCN=C(N)N. The molecule has 0 aromatic heterocycles. The fourth-order valence-electron chi connectivity index (χ4n) is 0.708. The van der Waals surface area contributed by atoms with E-state index in [9.17, 15) is 0 Å². The molecule has 12 heavy (non-hydrogen) atoms. The molecule has 0 spiro atoms. The Kier molecular flexibility index (Phi) is 14.9. The standard InChI is InChI=1S/C7H17N3.2CH4/c1-6(2)4-3-5-10-7(8)9;;/h6H,3-5H2,1-2H3,(H4,8,9,10);2*1H4. The molecule has 0 heterocycles. The number of hydrogen-bond donors (Lipinski definition) is 2. The van der Waals surface area contributed by atoms with Gasteiger partial charge in [0, 0.05) is 6.54 Å². The third-order valence-corrected chi connectivity index (χ3v) is 1.23. The number of hydrogen-bond acceptors (Lipinski definition) is 1. The average Bonchev–Trinajstić information content (AvgIpc) is 1.79. The van der Waals surface area contributed by atoms with Gasteiger partial charge in [-0.05, 0) is 18.8 Å². The number of guanidine groups is 1. The molecule has 0 saturated heterocycles. The highest BCUT2D eigenvalue weighted by Gasteiger charge is 1.91. The predicted octanol–water partition coefficient (Wildman–Crippen LogP) is 1.97. The first-order valence-electron chi connectivity index (χ1n) is 3.68. The highest BCUT2D eigenvalue weighted by atomic mass is 15.0. The summed E-state index contributed by atoms with van der Waals surface area (Å²) in [6.07, 6.45) is 2.27. The van der Waals surface area contributed by atoms with E-state index in [0.29, 0.717) is 0 Å². The van der Waals surface area contributed by atoms with Crippen LogP contribution in [0.25, 0.3) is 0 Å². The normalized spacial score (nSPS) is 8.25. The molecule has 0 rings (SSSR count). The second kappa shape index (κ2) is 10.3.